The molecule has 1 atom stereocenters. The molecule has 29 heavy (non-hydrogen) atoms. The Balaban J connectivity index is 1.66. The van der Waals surface area contributed by atoms with E-state index in [-0.39, 0.29) is 0 Å². The molecule has 0 aliphatic carbocycles. The highest BCUT2D eigenvalue weighted by Gasteiger charge is 2.20. The third-order valence-electron chi connectivity index (χ3n) is 5.65. The van der Waals surface area contributed by atoms with E-state index >= 15 is 0 Å². The Kier molecular flexibility index (Phi) is 5.10. The van der Waals surface area contributed by atoms with Crippen LogP contribution in [0, 0.1) is 0 Å². The third kappa shape index (κ3) is 3.57. The molecule has 0 fully saturated rings. The molecule has 0 nitrogen and oxygen atoms in total. The van der Waals surface area contributed by atoms with Crippen LogP contribution in [0.25, 0.3) is 20.2 Å². The van der Waals surface area contributed by atoms with Crippen molar-refractivity contribution in [2.24, 2.45) is 0 Å². The molecule has 5 aromatic rings. The van der Waals surface area contributed by atoms with Crippen molar-refractivity contribution in [2.75, 3.05) is 0 Å². The Morgan fingerprint density at radius 2 is 1.45 bits per heavy atom. The molecule has 0 bridgehead atoms. The highest BCUT2D eigenvalue weighted by atomic mass is 35.5. The fourth-order valence-corrected chi connectivity index (χ4v) is 5.71. The van der Waals surface area contributed by atoms with E-state index in [2.05, 4.69) is 91.0 Å². The van der Waals surface area contributed by atoms with E-state index in [1.807, 2.05) is 6.07 Å². The van der Waals surface area contributed by atoms with Gasteiger partial charge in [-0.05, 0) is 41.7 Å². The van der Waals surface area contributed by atoms with Crippen LogP contribution < -0.4 is 0 Å². The maximum Gasteiger partial charge on any atom is 0.0584 e. The first-order valence-electron chi connectivity index (χ1n) is 10.00. The average Bonchev–Trinajstić information content (AvgIpc) is 3.16. The highest BCUT2D eigenvalue weighted by molar-refractivity contribution is 7.26. The van der Waals surface area contributed by atoms with Crippen LogP contribution in [0.2, 0.25) is 5.02 Å². The van der Waals surface area contributed by atoms with E-state index in [0.717, 1.165) is 17.9 Å². The molecule has 142 valence electrons. The van der Waals surface area contributed by atoms with E-state index in [0.29, 0.717) is 5.92 Å². The molecular formula is C27H21ClS. The molecule has 0 radical (unpaired) electrons. The molecule has 1 heterocycles. The molecule has 0 aliphatic rings. The summed E-state index contributed by atoms with van der Waals surface area (Å²) in [6, 6.07) is 34.7. The number of rotatable bonds is 5. The number of benzene rings is 4. The summed E-state index contributed by atoms with van der Waals surface area (Å²) < 4.78 is 2.50. The van der Waals surface area contributed by atoms with Crippen LogP contribution >= 0.6 is 22.9 Å². The minimum atomic E-state index is 0.344. The maximum absolute atomic E-state index is 6.53. The van der Waals surface area contributed by atoms with Crippen LogP contribution in [-0.4, -0.2) is 0 Å². The lowest BCUT2D eigenvalue weighted by molar-refractivity contribution is 0.720. The van der Waals surface area contributed by atoms with E-state index < -0.39 is 0 Å². The summed E-state index contributed by atoms with van der Waals surface area (Å²) in [5.74, 6) is 0.344. The summed E-state index contributed by atoms with van der Waals surface area (Å²) in [6.45, 7) is 0. The van der Waals surface area contributed by atoms with Gasteiger partial charge in [-0.15, -0.1) is 11.3 Å². The van der Waals surface area contributed by atoms with Gasteiger partial charge in [0.25, 0.3) is 0 Å². The summed E-state index contributed by atoms with van der Waals surface area (Å²) in [5.41, 5.74) is 4.16. The van der Waals surface area contributed by atoms with Gasteiger partial charge in [0.1, 0.15) is 0 Å². The minimum absolute atomic E-state index is 0.344. The first-order valence-corrected chi connectivity index (χ1v) is 11.2. The summed E-state index contributed by atoms with van der Waals surface area (Å²) in [4.78, 5) is 0. The van der Waals surface area contributed by atoms with Gasteiger partial charge >= 0.3 is 0 Å². The van der Waals surface area contributed by atoms with Gasteiger partial charge in [0.2, 0.25) is 0 Å². The largest absolute Gasteiger partial charge is 0.134 e. The van der Waals surface area contributed by atoms with Crippen molar-refractivity contribution >= 4 is 43.1 Å². The fourth-order valence-electron chi connectivity index (χ4n) is 4.27. The van der Waals surface area contributed by atoms with Crippen LogP contribution in [0.5, 0.6) is 0 Å². The molecule has 0 saturated carbocycles. The van der Waals surface area contributed by atoms with Gasteiger partial charge in [0, 0.05) is 21.4 Å². The second-order valence-electron chi connectivity index (χ2n) is 7.43. The van der Waals surface area contributed by atoms with E-state index in [1.54, 1.807) is 11.3 Å². The first-order chi connectivity index (χ1) is 14.3. The number of fused-ring (bicyclic) bond motifs is 3. The number of hydrogen-bond acceptors (Lipinski definition) is 1. The Morgan fingerprint density at radius 1 is 0.724 bits per heavy atom. The summed E-state index contributed by atoms with van der Waals surface area (Å²) in [7, 11) is 0. The maximum atomic E-state index is 6.53. The molecule has 2 heteroatoms. The van der Waals surface area contributed by atoms with Gasteiger partial charge < -0.3 is 0 Å². The SMILES string of the molecule is Clc1cccc2c1sc1cccc([C@H](CCc3ccccc3)c3ccccc3)c12. The minimum Gasteiger partial charge on any atom is -0.134 e. The Labute approximate surface area is 180 Å². The zero-order valence-corrected chi connectivity index (χ0v) is 17.6. The van der Waals surface area contributed by atoms with Gasteiger partial charge in [0.15, 0.2) is 0 Å². The zero-order valence-electron chi connectivity index (χ0n) is 16.0. The molecule has 0 saturated heterocycles. The molecular weight excluding hydrogens is 392 g/mol. The lowest BCUT2D eigenvalue weighted by atomic mass is 9.84. The van der Waals surface area contributed by atoms with Crippen LogP contribution in [0.1, 0.15) is 29.0 Å². The van der Waals surface area contributed by atoms with Crippen LogP contribution in [0.3, 0.4) is 0 Å². The first kappa shape index (κ1) is 18.4. The van der Waals surface area contributed by atoms with Crippen LogP contribution in [0.4, 0.5) is 0 Å². The highest BCUT2D eigenvalue weighted by Crippen LogP contribution is 2.43. The molecule has 0 unspecified atom stereocenters. The second kappa shape index (κ2) is 8.02. The average molecular weight is 413 g/mol. The molecule has 5 rings (SSSR count). The van der Waals surface area contributed by atoms with Gasteiger partial charge in [0.05, 0.1) is 9.72 Å². The predicted octanol–water partition coefficient (Wildman–Crippen LogP) is 8.47. The van der Waals surface area contributed by atoms with Crippen molar-refractivity contribution in [3.63, 3.8) is 0 Å². The summed E-state index contributed by atoms with van der Waals surface area (Å²) in [5, 5.41) is 3.47. The normalized spacial score (nSPS) is 12.4. The van der Waals surface area contributed by atoms with Crippen LogP contribution in [-0.2, 0) is 6.42 Å². The van der Waals surface area contributed by atoms with Crippen molar-refractivity contribution in [3.05, 3.63) is 119 Å². The second-order valence-corrected chi connectivity index (χ2v) is 8.89. The van der Waals surface area contributed by atoms with Gasteiger partial charge in [-0.3, -0.25) is 0 Å². The molecule has 4 aromatic carbocycles. The van der Waals surface area contributed by atoms with E-state index in [1.165, 1.54) is 36.9 Å². The molecule has 0 aliphatic heterocycles. The monoisotopic (exact) mass is 412 g/mol. The topological polar surface area (TPSA) is 0 Å². The smallest absolute Gasteiger partial charge is 0.0584 e. The third-order valence-corrected chi connectivity index (χ3v) is 7.28. The van der Waals surface area contributed by atoms with E-state index in [9.17, 15) is 0 Å². The van der Waals surface area contributed by atoms with E-state index in [4.69, 9.17) is 11.6 Å². The Bertz CT molecular complexity index is 1260. The summed E-state index contributed by atoms with van der Waals surface area (Å²) in [6.07, 6.45) is 2.13. The van der Waals surface area contributed by atoms with Crippen molar-refractivity contribution in [1.82, 2.24) is 0 Å². The molecule has 0 N–H and O–H groups in total. The molecule has 0 spiro atoms. The predicted molar refractivity (Wildman–Crippen MR) is 127 cm³/mol. The number of halogens is 1. The van der Waals surface area contributed by atoms with Gasteiger partial charge in [-0.25, -0.2) is 0 Å². The van der Waals surface area contributed by atoms with Crippen molar-refractivity contribution in [2.45, 2.75) is 18.8 Å². The number of thiophene rings is 1. The van der Waals surface area contributed by atoms with Gasteiger partial charge in [-0.1, -0.05) is 96.5 Å². The number of hydrogen-bond donors (Lipinski definition) is 0. The standard InChI is InChI=1S/C27H21ClS/c28-24-15-7-14-23-26-22(13-8-16-25(26)29-27(23)24)21(20-11-5-2-6-12-20)18-17-19-9-3-1-4-10-19/h1-16,21H,17-18H2/t21-/m1/s1. The van der Waals surface area contributed by atoms with Crippen LogP contribution in [0.15, 0.2) is 97.1 Å². The molecule has 1 aromatic heterocycles. The number of aryl methyl sites for hydroxylation is 1. The fraction of sp³-hybridized carbons (Fsp3) is 0.111. The lowest BCUT2D eigenvalue weighted by Crippen LogP contribution is -2.04. The van der Waals surface area contributed by atoms with Crippen molar-refractivity contribution < 1.29 is 0 Å². The van der Waals surface area contributed by atoms with Crippen molar-refractivity contribution in [3.8, 4) is 0 Å². The lowest BCUT2D eigenvalue weighted by Gasteiger charge is -2.20. The molecule has 0 amide bonds. The zero-order chi connectivity index (χ0) is 19.6. The Morgan fingerprint density at radius 3 is 2.24 bits per heavy atom. The van der Waals surface area contributed by atoms with Crippen molar-refractivity contribution in [1.29, 1.82) is 0 Å². The van der Waals surface area contributed by atoms with Gasteiger partial charge in [-0.2, -0.15) is 0 Å². The quantitative estimate of drug-likeness (QED) is 0.271. The summed E-state index contributed by atoms with van der Waals surface area (Å²) >= 11 is 8.33. The Hall–Kier alpha value is -2.61.